The van der Waals surface area contributed by atoms with Crippen LogP contribution in [-0.2, 0) is 16.1 Å². The van der Waals surface area contributed by atoms with Gasteiger partial charge in [-0.15, -0.1) is 0 Å². The first-order chi connectivity index (χ1) is 14.0. The number of benzene rings is 2. The molecule has 1 aromatic heterocycles. The van der Waals surface area contributed by atoms with E-state index < -0.39 is 5.91 Å². The lowest BCUT2D eigenvalue weighted by Gasteiger charge is -2.32. The van der Waals surface area contributed by atoms with E-state index in [4.69, 9.17) is 11.6 Å². The van der Waals surface area contributed by atoms with Gasteiger partial charge < -0.3 is 5.32 Å². The summed E-state index contributed by atoms with van der Waals surface area (Å²) in [5.74, 6) is -1.07. The summed E-state index contributed by atoms with van der Waals surface area (Å²) in [5, 5.41) is 2.95. The van der Waals surface area contributed by atoms with Crippen LogP contribution in [0.1, 0.15) is 11.1 Å². The van der Waals surface area contributed by atoms with Gasteiger partial charge in [0.1, 0.15) is 24.3 Å². The fourth-order valence-corrected chi connectivity index (χ4v) is 3.91. The second kappa shape index (κ2) is 7.58. The van der Waals surface area contributed by atoms with Gasteiger partial charge in [-0.25, -0.2) is 13.9 Å². The minimum atomic E-state index is -0.745. The van der Waals surface area contributed by atoms with Crippen LogP contribution >= 0.6 is 11.6 Å². The minimum absolute atomic E-state index is 0.128. The topological polar surface area (TPSA) is 59.1 Å². The van der Waals surface area contributed by atoms with Crippen LogP contribution in [-0.4, -0.2) is 17.2 Å². The van der Waals surface area contributed by atoms with Crippen LogP contribution in [0.5, 0.6) is 0 Å². The van der Waals surface area contributed by atoms with Gasteiger partial charge >= 0.3 is 0 Å². The van der Waals surface area contributed by atoms with Gasteiger partial charge in [0.2, 0.25) is 6.29 Å². The maximum absolute atomic E-state index is 13.4. The van der Waals surface area contributed by atoms with E-state index in [1.165, 1.54) is 12.1 Å². The van der Waals surface area contributed by atoms with Gasteiger partial charge in [-0.2, -0.15) is 0 Å². The number of pyridine rings is 1. The number of nitrogens with one attached hydrogen (secondary N) is 1. The van der Waals surface area contributed by atoms with E-state index in [-0.39, 0.29) is 16.6 Å². The summed E-state index contributed by atoms with van der Waals surface area (Å²) in [6.07, 6.45) is 3.66. The molecule has 0 radical (unpaired) electrons. The third kappa shape index (κ3) is 3.44. The molecule has 1 atom stereocenters. The number of carbonyl (C=O) groups is 2. The zero-order valence-corrected chi connectivity index (χ0v) is 15.9. The Morgan fingerprint density at radius 3 is 2.52 bits per heavy atom. The number of nitrogens with zero attached hydrogens (tertiary/aromatic N) is 2. The molecule has 0 fully saturated rings. The number of aromatic nitrogens is 1. The van der Waals surface area contributed by atoms with Crippen LogP contribution in [0.4, 0.5) is 15.8 Å². The van der Waals surface area contributed by atoms with E-state index in [9.17, 15) is 14.0 Å². The molecule has 1 amide bonds. The number of rotatable bonds is 5. The van der Waals surface area contributed by atoms with E-state index in [2.05, 4.69) is 10.3 Å². The maximum atomic E-state index is 13.4. The third-order valence-electron chi connectivity index (χ3n) is 4.85. The average molecular weight is 409 g/mol. The van der Waals surface area contributed by atoms with Gasteiger partial charge in [-0.05, 0) is 24.3 Å². The fourth-order valence-electron chi connectivity index (χ4n) is 3.64. The van der Waals surface area contributed by atoms with E-state index in [0.717, 1.165) is 16.8 Å². The van der Waals surface area contributed by atoms with Gasteiger partial charge in [0, 0.05) is 23.9 Å². The van der Waals surface area contributed by atoms with E-state index in [0.29, 0.717) is 23.1 Å². The first-order valence-electron chi connectivity index (χ1n) is 8.86. The molecule has 3 aromatic rings. The molecule has 29 heavy (non-hydrogen) atoms. The second-order valence-corrected chi connectivity index (χ2v) is 6.99. The second-order valence-electron chi connectivity index (χ2n) is 6.63. The molecule has 144 valence electrons. The van der Waals surface area contributed by atoms with Gasteiger partial charge in [0.25, 0.3) is 5.91 Å². The van der Waals surface area contributed by atoms with Crippen molar-refractivity contribution in [3.63, 3.8) is 0 Å². The molecule has 1 aliphatic heterocycles. The van der Waals surface area contributed by atoms with Crippen molar-refractivity contribution in [2.24, 2.45) is 0 Å². The van der Waals surface area contributed by atoms with Gasteiger partial charge in [0.05, 0.1) is 5.56 Å². The van der Waals surface area contributed by atoms with Gasteiger partial charge in [-0.3, -0.25) is 9.59 Å². The number of amides is 1. The predicted octanol–water partition coefficient (Wildman–Crippen LogP) is 4.34. The molecule has 0 bridgehead atoms. The lowest BCUT2D eigenvalue weighted by molar-refractivity contribution is -0.130. The zero-order valence-electron chi connectivity index (χ0n) is 15.2. The molecule has 0 aliphatic carbocycles. The van der Waals surface area contributed by atoms with Crippen molar-refractivity contribution >= 4 is 40.9 Å². The molecule has 2 aromatic carbocycles. The number of aldehydes is 1. The van der Waals surface area contributed by atoms with Crippen molar-refractivity contribution in [1.29, 1.82) is 0 Å². The maximum Gasteiger partial charge on any atom is 0.288 e. The third-order valence-corrected chi connectivity index (χ3v) is 5.14. The molecule has 1 unspecified atom stereocenters. The summed E-state index contributed by atoms with van der Waals surface area (Å²) in [6, 6.07) is 17.4. The van der Waals surface area contributed by atoms with Crippen LogP contribution < -0.4 is 9.80 Å². The summed E-state index contributed by atoms with van der Waals surface area (Å²) in [4.78, 5) is 26.9. The molecule has 5 nitrogen and oxygen atoms in total. The number of carbonyl (C=O) groups excluding carboxylic acids is 2. The van der Waals surface area contributed by atoms with Crippen molar-refractivity contribution in [2.75, 3.05) is 0 Å². The van der Waals surface area contributed by atoms with Crippen LogP contribution in [0.2, 0.25) is 5.15 Å². The Hall–Kier alpha value is -3.35. The zero-order chi connectivity index (χ0) is 20.4. The standard InChI is InChI=1S/C22H15ClFN3O2/c23-22-20(6-3-11-25-22)27(12-15-7-9-16(24)10-8-15)13-18(26-21(29)14-28)17-4-1-2-5-19(17)27/h1-11,13-14H,12H2/p+1. The lowest BCUT2D eigenvalue weighted by Crippen LogP contribution is -2.36. The highest BCUT2D eigenvalue weighted by molar-refractivity contribution is 6.32. The molecule has 0 spiro atoms. The smallest absolute Gasteiger partial charge is 0.288 e. The molecule has 4 rings (SSSR count). The van der Waals surface area contributed by atoms with Crippen molar-refractivity contribution in [3.05, 3.63) is 95.2 Å². The quantitative estimate of drug-likeness (QED) is 0.296. The highest BCUT2D eigenvalue weighted by Gasteiger charge is 2.43. The predicted molar refractivity (Wildman–Crippen MR) is 109 cm³/mol. The first-order valence-corrected chi connectivity index (χ1v) is 9.23. The van der Waals surface area contributed by atoms with E-state index in [1.54, 1.807) is 24.4 Å². The van der Waals surface area contributed by atoms with Gasteiger partial charge in [-0.1, -0.05) is 35.9 Å². The molecular weight excluding hydrogens is 393 g/mol. The number of quaternary nitrogens is 1. The minimum Gasteiger partial charge on any atom is -0.315 e. The molecule has 7 heteroatoms. The summed E-state index contributed by atoms with van der Waals surface area (Å²) < 4.78 is 13.6. The van der Waals surface area contributed by atoms with Crippen molar-refractivity contribution < 1.29 is 14.0 Å². The largest absolute Gasteiger partial charge is 0.315 e. The number of fused-ring (bicyclic) bond motifs is 1. The highest BCUT2D eigenvalue weighted by Crippen LogP contribution is 2.48. The molecule has 0 saturated carbocycles. The van der Waals surface area contributed by atoms with Crippen LogP contribution in [0, 0.1) is 5.82 Å². The fraction of sp³-hybridized carbons (Fsp3) is 0.0455. The normalized spacial score (nSPS) is 17.4. The van der Waals surface area contributed by atoms with E-state index >= 15 is 0 Å². The molecule has 0 saturated heterocycles. The monoisotopic (exact) mass is 408 g/mol. The first kappa shape index (κ1) is 19.0. The molecule has 2 heterocycles. The number of para-hydroxylation sites is 1. The van der Waals surface area contributed by atoms with Crippen LogP contribution in [0.3, 0.4) is 0 Å². The number of halogens is 2. The number of hydrogen-bond acceptors (Lipinski definition) is 3. The van der Waals surface area contributed by atoms with Crippen molar-refractivity contribution in [2.45, 2.75) is 6.54 Å². The summed E-state index contributed by atoms with van der Waals surface area (Å²) in [5.41, 5.74) is 3.68. The summed E-state index contributed by atoms with van der Waals surface area (Å²) >= 11 is 6.47. The Balaban J connectivity index is 1.94. The molecule has 1 N–H and O–H groups in total. The SMILES string of the molecule is O=CC(=O)NC1=C[N+](Cc2ccc(F)cc2)(c2cccnc2Cl)c2ccccc21. The Morgan fingerprint density at radius 1 is 1.07 bits per heavy atom. The summed E-state index contributed by atoms with van der Waals surface area (Å²) in [6.45, 7) is 0.406. The highest BCUT2D eigenvalue weighted by atomic mass is 35.5. The number of hydrogen-bond donors (Lipinski definition) is 1. The van der Waals surface area contributed by atoms with Crippen LogP contribution in [0.25, 0.3) is 5.70 Å². The molecular formula is C22H16ClFN3O2+. The van der Waals surface area contributed by atoms with Crippen molar-refractivity contribution in [1.82, 2.24) is 14.8 Å². The van der Waals surface area contributed by atoms with Gasteiger partial charge in [0.15, 0.2) is 16.5 Å². The van der Waals surface area contributed by atoms with E-state index in [1.807, 2.05) is 36.5 Å². The Morgan fingerprint density at radius 2 is 1.79 bits per heavy atom. The average Bonchev–Trinajstić information content (AvgIpc) is 3.04. The summed E-state index contributed by atoms with van der Waals surface area (Å²) in [7, 11) is 0. The van der Waals surface area contributed by atoms with Crippen LogP contribution in [0.15, 0.2) is 73.1 Å². The Labute approximate surface area is 171 Å². The molecule has 1 aliphatic rings. The lowest BCUT2D eigenvalue weighted by atomic mass is 10.1. The Kier molecular flexibility index (Phi) is 4.96. The van der Waals surface area contributed by atoms with Crippen molar-refractivity contribution in [3.8, 4) is 0 Å². The Bertz CT molecular complexity index is 1130.